The summed E-state index contributed by atoms with van der Waals surface area (Å²) in [5.74, 6) is -0.982. The fourth-order valence-electron chi connectivity index (χ4n) is 4.53. The monoisotopic (exact) mass is 653 g/mol. The quantitative estimate of drug-likeness (QED) is 0.144. The molecule has 250 valence electrons. The molecule has 2 aromatic rings. The highest BCUT2D eigenvalue weighted by Crippen LogP contribution is 2.46. The predicted molar refractivity (Wildman–Crippen MR) is 163 cm³/mol. The number of benzene rings is 1. The standard InChI is InChI=1S/C29H44N5O10P/c1-6-11-20(12-7-2)26(37)31-23-15-30-34(29(39)32-23)27-25(36)24(35)22(43-27)17-42-45(40,44-21-13-9-8-10-14-21)33-19(5)28(38)41-16-18(3)4/h8-10,13-15,18-20,22,24-25,27,35-36H,6-7,11-12,16-17H2,1-5H3,(H,33,40)(H,31,32,37,39)/t19-,22?,24?,25?,27?,45?/m0/s1. The van der Waals surface area contributed by atoms with Gasteiger partial charge in [-0.05, 0) is 37.8 Å². The number of nitrogens with zero attached hydrogens (tertiary/aromatic N) is 3. The van der Waals surface area contributed by atoms with E-state index in [-0.39, 0.29) is 35.9 Å². The molecule has 0 radical (unpaired) electrons. The molecule has 0 aliphatic carbocycles. The fraction of sp³-hybridized carbons (Fsp3) is 0.621. The van der Waals surface area contributed by atoms with Crippen molar-refractivity contribution in [2.24, 2.45) is 11.8 Å². The zero-order valence-electron chi connectivity index (χ0n) is 26.2. The van der Waals surface area contributed by atoms with Crippen LogP contribution in [0.5, 0.6) is 5.75 Å². The molecule has 1 aromatic heterocycles. The third-order valence-electron chi connectivity index (χ3n) is 6.83. The van der Waals surface area contributed by atoms with Crippen LogP contribution in [0.3, 0.4) is 0 Å². The van der Waals surface area contributed by atoms with Gasteiger partial charge in [-0.3, -0.25) is 14.1 Å². The number of aliphatic hydroxyl groups excluding tert-OH is 2. The van der Waals surface area contributed by atoms with Gasteiger partial charge >= 0.3 is 19.4 Å². The minimum Gasteiger partial charge on any atom is -0.464 e. The van der Waals surface area contributed by atoms with E-state index in [1.165, 1.54) is 19.1 Å². The van der Waals surface area contributed by atoms with Crippen molar-refractivity contribution in [2.45, 2.75) is 90.9 Å². The maximum Gasteiger partial charge on any atom is 0.459 e. The van der Waals surface area contributed by atoms with Crippen LogP contribution < -0.4 is 20.6 Å². The van der Waals surface area contributed by atoms with Gasteiger partial charge in [0.25, 0.3) is 0 Å². The van der Waals surface area contributed by atoms with Crippen LogP contribution in [-0.4, -0.2) is 74.4 Å². The molecule has 1 aromatic carbocycles. The number of nitrogens with one attached hydrogen (secondary N) is 2. The van der Waals surface area contributed by atoms with Crippen LogP contribution in [0.15, 0.2) is 41.3 Å². The first-order valence-electron chi connectivity index (χ1n) is 15.1. The Morgan fingerprint density at radius 1 is 1.09 bits per heavy atom. The van der Waals surface area contributed by atoms with Gasteiger partial charge in [-0.1, -0.05) is 58.7 Å². The summed E-state index contributed by atoms with van der Waals surface area (Å²) in [5.41, 5.74) is -0.943. The molecule has 1 saturated heterocycles. The van der Waals surface area contributed by atoms with Crippen LogP contribution in [0.2, 0.25) is 0 Å². The molecule has 4 N–H and O–H groups in total. The number of esters is 1. The van der Waals surface area contributed by atoms with E-state index in [1.54, 1.807) is 18.2 Å². The van der Waals surface area contributed by atoms with Crippen LogP contribution in [-0.2, 0) is 28.2 Å². The molecule has 3 rings (SSSR count). The molecule has 0 spiro atoms. The molecule has 15 nitrogen and oxygen atoms in total. The van der Waals surface area contributed by atoms with E-state index in [2.05, 4.69) is 20.5 Å². The SMILES string of the molecule is CCCC(CCC)C(=O)Nc1cnn(C2OC(COP(=O)(N[C@@H](C)C(=O)OCC(C)C)Oc3ccccc3)C(O)C2O)c(=O)n1. The Bertz CT molecular complexity index is 1350. The normalized spacial score (nSPS) is 21.8. The zero-order valence-corrected chi connectivity index (χ0v) is 27.1. The van der Waals surface area contributed by atoms with Gasteiger partial charge < -0.3 is 29.5 Å². The van der Waals surface area contributed by atoms with Gasteiger partial charge in [-0.15, -0.1) is 0 Å². The molecule has 0 bridgehead atoms. The van der Waals surface area contributed by atoms with E-state index in [4.69, 9.17) is 18.5 Å². The molecule has 16 heteroatoms. The summed E-state index contributed by atoms with van der Waals surface area (Å²) in [6, 6.07) is 6.99. The molecular formula is C29H44N5O10P. The molecule has 1 amide bonds. The Morgan fingerprint density at radius 2 is 1.76 bits per heavy atom. The lowest BCUT2D eigenvalue weighted by Gasteiger charge is -2.24. The summed E-state index contributed by atoms with van der Waals surface area (Å²) in [5, 5.41) is 30.5. The molecule has 6 atom stereocenters. The van der Waals surface area contributed by atoms with Crippen molar-refractivity contribution in [3.05, 3.63) is 47.0 Å². The van der Waals surface area contributed by atoms with Crippen molar-refractivity contribution >= 4 is 25.4 Å². The largest absolute Gasteiger partial charge is 0.464 e. The summed E-state index contributed by atoms with van der Waals surface area (Å²) in [7, 11) is -4.30. The number of anilines is 1. The maximum atomic E-state index is 13.8. The van der Waals surface area contributed by atoms with E-state index < -0.39 is 56.6 Å². The van der Waals surface area contributed by atoms with E-state index >= 15 is 0 Å². The minimum atomic E-state index is -4.30. The second-order valence-corrected chi connectivity index (χ2v) is 12.9. The minimum absolute atomic E-state index is 0.0579. The highest BCUT2D eigenvalue weighted by molar-refractivity contribution is 7.52. The first-order valence-corrected chi connectivity index (χ1v) is 16.6. The molecule has 1 fully saturated rings. The highest BCUT2D eigenvalue weighted by Gasteiger charge is 2.46. The third-order valence-corrected chi connectivity index (χ3v) is 8.48. The second kappa shape index (κ2) is 16.9. The van der Waals surface area contributed by atoms with E-state index in [9.17, 15) is 29.2 Å². The molecule has 1 aliphatic heterocycles. The number of rotatable bonds is 17. The van der Waals surface area contributed by atoms with Crippen molar-refractivity contribution in [2.75, 3.05) is 18.5 Å². The number of hydrogen-bond acceptors (Lipinski definition) is 12. The number of carbonyl (C=O) groups excluding carboxylic acids is 2. The molecule has 45 heavy (non-hydrogen) atoms. The van der Waals surface area contributed by atoms with Crippen LogP contribution in [0.25, 0.3) is 0 Å². The Morgan fingerprint density at radius 3 is 2.36 bits per heavy atom. The average Bonchev–Trinajstić information content (AvgIpc) is 3.27. The summed E-state index contributed by atoms with van der Waals surface area (Å²) in [6.45, 7) is 8.71. The number of para-hydroxylation sites is 1. The predicted octanol–water partition coefficient (Wildman–Crippen LogP) is 2.79. The van der Waals surface area contributed by atoms with Crippen molar-refractivity contribution in [1.82, 2.24) is 19.9 Å². The van der Waals surface area contributed by atoms with Gasteiger partial charge in [0.1, 0.15) is 30.1 Å². The smallest absolute Gasteiger partial charge is 0.459 e. The third kappa shape index (κ3) is 10.4. The van der Waals surface area contributed by atoms with Crippen LogP contribution in [0.4, 0.5) is 5.82 Å². The van der Waals surface area contributed by atoms with E-state index in [0.29, 0.717) is 12.8 Å². The summed E-state index contributed by atoms with van der Waals surface area (Å²) in [4.78, 5) is 41.8. The van der Waals surface area contributed by atoms with E-state index in [0.717, 1.165) is 23.7 Å². The van der Waals surface area contributed by atoms with Crippen molar-refractivity contribution in [1.29, 1.82) is 0 Å². The average molecular weight is 654 g/mol. The highest BCUT2D eigenvalue weighted by atomic mass is 31.2. The summed E-state index contributed by atoms with van der Waals surface area (Å²) in [6.07, 6.45) is -1.83. The summed E-state index contributed by atoms with van der Waals surface area (Å²) < 4.78 is 36.6. The summed E-state index contributed by atoms with van der Waals surface area (Å²) >= 11 is 0. The first-order chi connectivity index (χ1) is 21.4. The fourth-order valence-corrected chi connectivity index (χ4v) is 6.03. The van der Waals surface area contributed by atoms with Crippen molar-refractivity contribution in [3.8, 4) is 5.75 Å². The Labute approximate surface area is 262 Å². The van der Waals surface area contributed by atoms with Crippen LogP contribution in [0.1, 0.15) is 66.5 Å². The van der Waals surface area contributed by atoms with E-state index in [1.807, 2.05) is 27.7 Å². The lowest BCUT2D eigenvalue weighted by Crippen LogP contribution is -2.38. The van der Waals surface area contributed by atoms with Gasteiger partial charge in [0.05, 0.1) is 19.4 Å². The Kier molecular flexibility index (Phi) is 13.6. The second-order valence-electron chi connectivity index (χ2n) is 11.3. The molecule has 2 heterocycles. The lowest BCUT2D eigenvalue weighted by atomic mass is 9.97. The number of amides is 1. The lowest BCUT2D eigenvalue weighted by molar-refractivity contribution is -0.146. The first kappa shape index (κ1) is 36.3. The van der Waals surface area contributed by atoms with Gasteiger partial charge in [0, 0.05) is 5.92 Å². The molecule has 0 saturated carbocycles. The maximum absolute atomic E-state index is 13.8. The molecular weight excluding hydrogens is 609 g/mol. The molecule has 5 unspecified atom stereocenters. The van der Waals surface area contributed by atoms with Crippen LogP contribution >= 0.6 is 7.75 Å². The van der Waals surface area contributed by atoms with Gasteiger partial charge in [-0.2, -0.15) is 19.9 Å². The number of carbonyl (C=O) groups is 2. The number of hydrogen-bond donors (Lipinski definition) is 4. The molecule has 1 aliphatic rings. The van der Waals surface area contributed by atoms with Crippen molar-refractivity contribution in [3.63, 3.8) is 0 Å². The topological polar surface area (TPSA) is 200 Å². The number of aromatic nitrogens is 3. The zero-order chi connectivity index (χ0) is 33.1. The van der Waals surface area contributed by atoms with Gasteiger partial charge in [-0.25, -0.2) is 9.36 Å². The van der Waals surface area contributed by atoms with Gasteiger partial charge in [0.2, 0.25) is 5.91 Å². The Balaban J connectivity index is 1.71. The van der Waals surface area contributed by atoms with Crippen LogP contribution in [0, 0.1) is 11.8 Å². The number of ether oxygens (including phenoxy) is 2. The number of aliphatic hydroxyl groups is 2. The van der Waals surface area contributed by atoms with Crippen molar-refractivity contribution < 1.29 is 42.9 Å². The van der Waals surface area contributed by atoms with Gasteiger partial charge in [0.15, 0.2) is 12.0 Å². The Hall–Kier alpha value is -3.20.